The van der Waals surface area contributed by atoms with Crippen molar-refractivity contribution in [1.82, 2.24) is 19.9 Å². The zero-order valence-electron chi connectivity index (χ0n) is 16.0. The number of H-pyrrole nitrogens is 3. The molecule has 7 nitrogen and oxygen atoms in total. The van der Waals surface area contributed by atoms with Crippen LogP contribution in [0.2, 0.25) is 0 Å². The van der Waals surface area contributed by atoms with Crippen LogP contribution >= 0.6 is 11.3 Å². The highest BCUT2D eigenvalue weighted by molar-refractivity contribution is 7.09. The first-order valence-electron chi connectivity index (χ1n) is 9.62. The van der Waals surface area contributed by atoms with Gasteiger partial charge in [0.25, 0.3) is 11.5 Å². The van der Waals surface area contributed by atoms with Crippen LogP contribution in [0, 0.1) is 0 Å². The van der Waals surface area contributed by atoms with E-state index in [9.17, 15) is 9.59 Å². The third-order valence-electron chi connectivity index (χ3n) is 5.29. The maximum Gasteiger partial charge on any atom is 0.276 e. The highest BCUT2D eigenvalue weighted by Gasteiger charge is 2.13. The highest BCUT2D eigenvalue weighted by atomic mass is 32.1. The van der Waals surface area contributed by atoms with E-state index in [0.717, 1.165) is 38.5 Å². The van der Waals surface area contributed by atoms with Gasteiger partial charge < -0.3 is 20.3 Å². The van der Waals surface area contributed by atoms with E-state index < -0.39 is 0 Å². The lowest BCUT2D eigenvalue weighted by molar-refractivity contribution is 0.102. The fraction of sp³-hybridized carbons (Fsp3) is 0. The Hall–Kier alpha value is -4.17. The first kappa shape index (κ1) is 17.7. The first-order chi connectivity index (χ1) is 15.1. The average Bonchev–Trinajstić information content (AvgIpc) is 3.50. The minimum Gasteiger partial charge on any atom is -0.361 e. The molecule has 0 aliphatic heterocycles. The molecule has 0 saturated carbocycles. The number of amides is 1. The fourth-order valence-electron chi connectivity index (χ4n) is 3.74. The number of aromatic nitrogens is 4. The number of carbonyl (C=O) groups excluding carboxylic acids is 1. The molecule has 0 radical (unpaired) electrons. The molecule has 150 valence electrons. The summed E-state index contributed by atoms with van der Waals surface area (Å²) in [5.74, 6) is -0.199. The van der Waals surface area contributed by atoms with Crippen LogP contribution in [-0.2, 0) is 0 Å². The molecule has 0 atom stereocenters. The Morgan fingerprint density at radius 2 is 1.81 bits per heavy atom. The predicted molar refractivity (Wildman–Crippen MR) is 124 cm³/mol. The number of anilines is 1. The van der Waals surface area contributed by atoms with Crippen LogP contribution in [0.15, 0.2) is 70.3 Å². The standard InChI is InChI=1S/C23H15N5O2S/c29-22(25-15-2-4-16-12(8-15)5-6-24-16)13-1-3-17-14(7-13)9-18(26-17)21-23(30)28-20-11-31-10-19(20)27-21/h1-11,24,26H,(H,25,29)(H,28,30). The molecule has 0 aliphatic rings. The van der Waals surface area contributed by atoms with Crippen molar-refractivity contribution in [1.29, 1.82) is 0 Å². The van der Waals surface area contributed by atoms with E-state index in [1.54, 1.807) is 12.1 Å². The summed E-state index contributed by atoms with van der Waals surface area (Å²) in [6, 6.07) is 14.9. The number of fused-ring (bicyclic) bond motifs is 3. The Labute approximate surface area is 178 Å². The first-order valence-corrected chi connectivity index (χ1v) is 10.6. The summed E-state index contributed by atoms with van der Waals surface area (Å²) in [5, 5.41) is 8.55. The molecule has 4 N–H and O–H groups in total. The number of nitrogens with zero attached hydrogens (tertiary/aromatic N) is 1. The zero-order chi connectivity index (χ0) is 20.9. The number of thiophene rings is 1. The quantitative estimate of drug-likeness (QED) is 0.325. The second-order valence-corrected chi connectivity index (χ2v) is 8.05. The zero-order valence-corrected chi connectivity index (χ0v) is 16.8. The van der Waals surface area contributed by atoms with Gasteiger partial charge in [0.2, 0.25) is 0 Å². The van der Waals surface area contributed by atoms with E-state index >= 15 is 0 Å². The number of aromatic amines is 3. The largest absolute Gasteiger partial charge is 0.361 e. The summed E-state index contributed by atoms with van der Waals surface area (Å²) in [7, 11) is 0. The molecule has 4 aromatic heterocycles. The van der Waals surface area contributed by atoms with Crippen LogP contribution in [0.5, 0.6) is 0 Å². The number of carbonyl (C=O) groups is 1. The molecular weight excluding hydrogens is 410 g/mol. The molecule has 0 aliphatic carbocycles. The molecule has 0 bridgehead atoms. The van der Waals surface area contributed by atoms with Crippen LogP contribution in [0.25, 0.3) is 44.2 Å². The molecule has 1 amide bonds. The molecule has 6 rings (SSSR count). The van der Waals surface area contributed by atoms with Crippen molar-refractivity contribution in [2.24, 2.45) is 0 Å². The van der Waals surface area contributed by atoms with Crippen molar-refractivity contribution >= 4 is 55.8 Å². The molecule has 31 heavy (non-hydrogen) atoms. The Morgan fingerprint density at radius 3 is 2.74 bits per heavy atom. The summed E-state index contributed by atoms with van der Waals surface area (Å²) in [5.41, 5.74) is 5.26. The van der Waals surface area contributed by atoms with Gasteiger partial charge in [-0.1, -0.05) is 0 Å². The normalized spacial score (nSPS) is 11.5. The molecule has 0 saturated heterocycles. The van der Waals surface area contributed by atoms with Crippen LogP contribution in [0.1, 0.15) is 10.4 Å². The Kier molecular flexibility index (Phi) is 3.81. The number of hydrogen-bond donors (Lipinski definition) is 4. The van der Waals surface area contributed by atoms with Crippen molar-refractivity contribution in [2.75, 3.05) is 5.32 Å². The van der Waals surface area contributed by atoms with E-state index in [4.69, 9.17) is 0 Å². The predicted octanol–water partition coefficient (Wildman–Crippen LogP) is 4.87. The topological polar surface area (TPSA) is 106 Å². The second kappa shape index (κ2) is 6.68. The lowest BCUT2D eigenvalue weighted by atomic mass is 10.1. The van der Waals surface area contributed by atoms with E-state index in [1.165, 1.54) is 11.3 Å². The molecule has 0 unspecified atom stereocenters. The Morgan fingerprint density at radius 1 is 0.903 bits per heavy atom. The maximum absolute atomic E-state index is 12.8. The van der Waals surface area contributed by atoms with Crippen molar-refractivity contribution < 1.29 is 4.79 Å². The SMILES string of the molecule is O=C(Nc1ccc2[nH]ccc2c1)c1ccc2[nH]c(-c3nc4cscc4[nH]c3=O)cc2c1. The molecule has 6 aromatic rings. The van der Waals surface area contributed by atoms with Crippen molar-refractivity contribution in [3.63, 3.8) is 0 Å². The summed E-state index contributed by atoms with van der Waals surface area (Å²) in [6.45, 7) is 0. The van der Waals surface area contributed by atoms with Gasteiger partial charge in [0.05, 0.1) is 16.7 Å². The van der Waals surface area contributed by atoms with Gasteiger partial charge in [0, 0.05) is 50.0 Å². The highest BCUT2D eigenvalue weighted by Crippen LogP contribution is 2.24. The van der Waals surface area contributed by atoms with Gasteiger partial charge in [0.15, 0.2) is 5.69 Å². The lowest BCUT2D eigenvalue weighted by Gasteiger charge is -2.06. The van der Waals surface area contributed by atoms with Gasteiger partial charge in [-0.25, -0.2) is 4.98 Å². The maximum atomic E-state index is 12.8. The molecule has 8 heteroatoms. The van der Waals surface area contributed by atoms with Crippen molar-refractivity contribution in [3.8, 4) is 11.4 Å². The minimum absolute atomic E-state index is 0.199. The Balaban J connectivity index is 1.34. The summed E-state index contributed by atoms with van der Waals surface area (Å²) in [6.07, 6.45) is 1.86. The van der Waals surface area contributed by atoms with Crippen molar-refractivity contribution in [2.45, 2.75) is 0 Å². The van der Waals surface area contributed by atoms with Gasteiger partial charge in [-0.3, -0.25) is 9.59 Å². The van der Waals surface area contributed by atoms with Gasteiger partial charge in [-0.15, -0.1) is 11.3 Å². The Bertz CT molecular complexity index is 1670. The lowest BCUT2D eigenvalue weighted by Crippen LogP contribution is -2.11. The minimum atomic E-state index is -0.254. The summed E-state index contributed by atoms with van der Waals surface area (Å²) < 4.78 is 0. The van der Waals surface area contributed by atoms with Gasteiger partial charge >= 0.3 is 0 Å². The van der Waals surface area contributed by atoms with Crippen LogP contribution in [0.3, 0.4) is 0 Å². The van der Waals surface area contributed by atoms with E-state index in [0.29, 0.717) is 17.0 Å². The molecule has 0 fully saturated rings. The van der Waals surface area contributed by atoms with E-state index in [2.05, 4.69) is 25.3 Å². The van der Waals surface area contributed by atoms with Crippen LogP contribution in [0.4, 0.5) is 5.69 Å². The summed E-state index contributed by atoms with van der Waals surface area (Å²) in [4.78, 5) is 39.0. The number of hydrogen-bond acceptors (Lipinski definition) is 4. The molecule has 2 aromatic carbocycles. The van der Waals surface area contributed by atoms with E-state index in [-0.39, 0.29) is 11.5 Å². The third kappa shape index (κ3) is 3.01. The van der Waals surface area contributed by atoms with Gasteiger partial charge in [0.1, 0.15) is 0 Å². The van der Waals surface area contributed by atoms with Crippen LogP contribution in [-0.4, -0.2) is 25.8 Å². The average molecular weight is 425 g/mol. The number of nitrogens with one attached hydrogen (secondary N) is 4. The van der Waals surface area contributed by atoms with Crippen molar-refractivity contribution in [3.05, 3.63) is 81.4 Å². The fourth-order valence-corrected chi connectivity index (χ4v) is 4.43. The summed E-state index contributed by atoms with van der Waals surface area (Å²) >= 11 is 1.49. The van der Waals surface area contributed by atoms with Gasteiger partial charge in [-0.2, -0.15) is 0 Å². The number of benzene rings is 2. The molecular formula is C23H15N5O2S. The van der Waals surface area contributed by atoms with Crippen LogP contribution < -0.4 is 10.9 Å². The molecule has 0 spiro atoms. The smallest absolute Gasteiger partial charge is 0.276 e. The van der Waals surface area contributed by atoms with E-state index in [1.807, 2.05) is 53.4 Å². The number of rotatable bonds is 3. The molecule has 4 heterocycles. The third-order valence-corrected chi connectivity index (χ3v) is 6.02. The van der Waals surface area contributed by atoms with Gasteiger partial charge in [-0.05, 0) is 48.5 Å². The second-order valence-electron chi connectivity index (χ2n) is 7.30. The monoisotopic (exact) mass is 425 g/mol.